The Bertz CT molecular complexity index is 501. The number of hydrogen-bond acceptors (Lipinski definition) is 5. The number of carbonyl (C=O) groups is 2. The monoisotopic (exact) mass is 279 g/mol. The van der Waals surface area contributed by atoms with E-state index in [1.54, 1.807) is 24.0 Å². The first-order chi connectivity index (χ1) is 9.43. The summed E-state index contributed by atoms with van der Waals surface area (Å²) in [5.41, 5.74) is 1.83. The SMILES string of the molecule is CCOC(=O)C(Cc1cnn(CC=C(C)C)c1)C(=O)[O-]. The minimum Gasteiger partial charge on any atom is -0.549 e. The first-order valence-electron chi connectivity index (χ1n) is 6.46. The van der Waals surface area contributed by atoms with E-state index in [0.29, 0.717) is 12.1 Å². The van der Waals surface area contributed by atoms with Crippen molar-refractivity contribution >= 4 is 11.9 Å². The first kappa shape index (κ1) is 15.9. The van der Waals surface area contributed by atoms with E-state index in [0.717, 1.165) is 0 Å². The number of hydrogen-bond donors (Lipinski definition) is 0. The predicted octanol–water partition coefficient (Wildman–Crippen LogP) is 0.321. The lowest BCUT2D eigenvalue weighted by Crippen LogP contribution is -2.38. The molecule has 0 spiro atoms. The molecule has 20 heavy (non-hydrogen) atoms. The molecule has 1 atom stereocenters. The van der Waals surface area contributed by atoms with Crippen molar-refractivity contribution < 1.29 is 19.4 Å². The van der Waals surface area contributed by atoms with Crippen molar-refractivity contribution in [3.63, 3.8) is 0 Å². The van der Waals surface area contributed by atoms with Gasteiger partial charge in [0.05, 0.1) is 25.3 Å². The average molecular weight is 279 g/mol. The molecular formula is C14H19N2O4-. The maximum absolute atomic E-state index is 11.5. The largest absolute Gasteiger partial charge is 0.549 e. The van der Waals surface area contributed by atoms with Gasteiger partial charge < -0.3 is 14.6 Å². The summed E-state index contributed by atoms with van der Waals surface area (Å²) in [4.78, 5) is 22.5. The third-order valence-corrected chi connectivity index (χ3v) is 2.67. The smallest absolute Gasteiger partial charge is 0.314 e. The first-order valence-corrected chi connectivity index (χ1v) is 6.46. The molecule has 6 nitrogen and oxygen atoms in total. The molecule has 110 valence electrons. The molecule has 0 saturated carbocycles. The van der Waals surface area contributed by atoms with Crippen molar-refractivity contribution in [1.29, 1.82) is 0 Å². The second kappa shape index (κ2) is 7.47. The highest BCUT2D eigenvalue weighted by Crippen LogP contribution is 2.10. The molecule has 1 aromatic rings. The Morgan fingerprint density at radius 3 is 2.75 bits per heavy atom. The Morgan fingerprint density at radius 1 is 1.50 bits per heavy atom. The van der Waals surface area contributed by atoms with Gasteiger partial charge in [0.25, 0.3) is 0 Å². The second-order valence-corrected chi connectivity index (χ2v) is 4.68. The highest BCUT2D eigenvalue weighted by atomic mass is 16.5. The fourth-order valence-electron chi connectivity index (χ4n) is 1.63. The molecule has 0 amide bonds. The van der Waals surface area contributed by atoms with Gasteiger partial charge in [-0.25, -0.2) is 0 Å². The minimum atomic E-state index is -1.43. The van der Waals surface area contributed by atoms with Gasteiger partial charge in [-0.2, -0.15) is 5.10 Å². The number of allylic oxidation sites excluding steroid dienone is 2. The van der Waals surface area contributed by atoms with Crippen LogP contribution in [0, 0.1) is 5.92 Å². The zero-order valence-electron chi connectivity index (χ0n) is 12.0. The molecule has 0 aliphatic rings. The molecule has 1 aromatic heterocycles. The molecule has 0 N–H and O–H groups in total. The zero-order chi connectivity index (χ0) is 15.1. The Hall–Kier alpha value is -2.11. The second-order valence-electron chi connectivity index (χ2n) is 4.68. The molecular weight excluding hydrogens is 260 g/mol. The number of carbonyl (C=O) groups excluding carboxylic acids is 2. The lowest BCUT2D eigenvalue weighted by Gasteiger charge is -2.15. The molecule has 1 unspecified atom stereocenters. The number of carboxylic acid groups (broad SMARTS) is 1. The highest BCUT2D eigenvalue weighted by Gasteiger charge is 2.22. The van der Waals surface area contributed by atoms with Gasteiger partial charge in [-0.15, -0.1) is 0 Å². The van der Waals surface area contributed by atoms with Gasteiger partial charge in [0, 0.05) is 6.20 Å². The number of rotatable bonds is 7. The van der Waals surface area contributed by atoms with Crippen molar-refractivity contribution in [3.8, 4) is 0 Å². The van der Waals surface area contributed by atoms with Crippen LogP contribution < -0.4 is 5.11 Å². The van der Waals surface area contributed by atoms with Crippen molar-refractivity contribution in [2.24, 2.45) is 5.92 Å². The molecule has 0 radical (unpaired) electrons. The van der Waals surface area contributed by atoms with Crippen LogP contribution in [0.5, 0.6) is 0 Å². The molecule has 0 aromatic carbocycles. The molecule has 1 heterocycles. The molecule has 1 rings (SSSR count). The summed E-state index contributed by atoms with van der Waals surface area (Å²) in [7, 11) is 0. The van der Waals surface area contributed by atoms with Crippen molar-refractivity contribution in [3.05, 3.63) is 29.6 Å². The third-order valence-electron chi connectivity index (χ3n) is 2.67. The summed E-state index contributed by atoms with van der Waals surface area (Å²) in [6, 6.07) is 0. The lowest BCUT2D eigenvalue weighted by atomic mass is 10.0. The quantitative estimate of drug-likeness (QED) is 0.408. The Morgan fingerprint density at radius 2 is 2.20 bits per heavy atom. The topological polar surface area (TPSA) is 84.2 Å². The highest BCUT2D eigenvalue weighted by molar-refractivity contribution is 5.93. The van der Waals surface area contributed by atoms with E-state index in [1.807, 2.05) is 19.9 Å². The maximum atomic E-state index is 11.5. The van der Waals surface area contributed by atoms with Crippen molar-refractivity contribution in [2.45, 2.75) is 33.7 Å². The summed E-state index contributed by atoms with van der Waals surface area (Å²) in [6.45, 7) is 6.34. The number of ether oxygens (including phenoxy) is 1. The van der Waals surface area contributed by atoms with E-state index in [9.17, 15) is 14.7 Å². The van der Waals surface area contributed by atoms with Crippen LogP contribution in [-0.4, -0.2) is 28.3 Å². The van der Waals surface area contributed by atoms with Gasteiger partial charge in [-0.1, -0.05) is 11.6 Å². The van der Waals surface area contributed by atoms with Gasteiger partial charge in [0.2, 0.25) is 0 Å². The Kier molecular flexibility index (Phi) is 5.96. The lowest BCUT2D eigenvalue weighted by molar-refractivity contribution is -0.310. The number of aromatic nitrogens is 2. The summed E-state index contributed by atoms with van der Waals surface area (Å²) in [6.07, 6.45) is 5.29. The van der Waals surface area contributed by atoms with E-state index >= 15 is 0 Å². The van der Waals surface area contributed by atoms with Crippen LogP contribution in [0.25, 0.3) is 0 Å². The van der Waals surface area contributed by atoms with Gasteiger partial charge in [0.15, 0.2) is 0 Å². The third kappa shape index (κ3) is 4.87. The Balaban J connectivity index is 2.72. The number of nitrogens with zero attached hydrogens (tertiary/aromatic N) is 2. The van der Waals surface area contributed by atoms with E-state index in [-0.39, 0.29) is 13.0 Å². The number of aliphatic carboxylic acids is 1. The van der Waals surface area contributed by atoms with Crippen LogP contribution in [0.3, 0.4) is 0 Å². The molecule has 0 saturated heterocycles. The van der Waals surface area contributed by atoms with Crippen LogP contribution in [0.15, 0.2) is 24.0 Å². The normalized spacial score (nSPS) is 11.8. The predicted molar refractivity (Wildman–Crippen MR) is 70.5 cm³/mol. The van der Waals surface area contributed by atoms with E-state index in [4.69, 9.17) is 4.74 Å². The maximum Gasteiger partial charge on any atom is 0.314 e. The van der Waals surface area contributed by atoms with Gasteiger partial charge >= 0.3 is 5.97 Å². The Labute approximate surface area is 118 Å². The van der Waals surface area contributed by atoms with Crippen LogP contribution in [-0.2, 0) is 27.3 Å². The van der Waals surface area contributed by atoms with Crippen LogP contribution in [0.1, 0.15) is 26.3 Å². The van der Waals surface area contributed by atoms with Gasteiger partial charge in [-0.3, -0.25) is 9.48 Å². The van der Waals surface area contributed by atoms with E-state index < -0.39 is 17.9 Å². The minimum absolute atomic E-state index is 0.0238. The molecule has 0 bridgehead atoms. The van der Waals surface area contributed by atoms with E-state index in [2.05, 4.69) is 5.10 Å². The van der Waals surface area contributed by atoms with Crippen molar-refractivity contribution in [1.82, 2.24) is 9.78 Å². The molecule has 0 aliphatic heterocycles. The fraction of sp³-hybridized carbons (Fsp3) is 0.500. The number of esters is 1. The summed E-state index contributed by atoms with van der Waals surface area (Å²) >= 11 is 0. The average Bonchev–Trinajstić information content (AvgIpc) is 2.81. The zero-order valence-corrected chi connectivity index (χ0v) is 12.0. The van der Waals surface area contributed by atoms with Crippen LogP contribution in [0.4, 0.5) is 0 Å². The fourth-order valence-corrected chi connectivity index (χ4v) is 1.63. The van der Waals surface area contributed by atoms with Crippen LogP contribution >= 0.6 is 0 Å². The van der Waals surface area contributed by atoms with E-state index in [1.165, 1.54) is 5.57 Å². The van der Waals surface area contributed by atoms with Crippen LogP contribution in [0.2, 0.25) is 0 Å². The molecule has 0 aliphatic carbocycles. The van der Waals surface area contributed by atoms with Gasteiger partial charge in [-0.05, 0) is 32.8 Å². The van der Waals surface area contributed by atoms with Gasteiger partial charge in [0.1, 0.15) is 5.92 Å². The molecule has 6 heteroatoms. The summed E-state index contributed by atoms with van der Waals surface area (Å²) in [5, 5.41) is 15.1. The molecule has 0 fully saturated rings. The number of carboxylic acids is 1. The van der Waals surface area contributed by atoms with Crippen molar-refractivity contribution in [2.75, 3.05) is 6.61 Å². The standard InChI is InChI=1S/C14H20N2O4/c1-4-20-14(19)12(13(17)18)7-11-8-15-16(9-11)6-5-10(2)3/h5,8-9,12H,4,6-7H2,1-3H3,(H,17,18)/p-1. The summed E-state index contributed by atoms with van der Waals surface area (Å²) < 4.78 is 6.41. The summed E-state index contributed by atoms with van der Waals surface area (Å²) in [5.74, 6) is -3.50.